The molecule has 1 aromatic carbocycles. The van der Waals surface area contributed by atoms with E-state index < -0.39 is 23.8 Å². The molecule has 3 heterocycles. The van der Waals surface area contributed by atoms with Crippen LogP contribution in [-0.4, -0.2) is 58.7 Å². The highest BCUT2D eigenvalue weighted by molar-refractivity contribution is 6.23. The number of piperidine rings is 1. The molecule has 5 rings (SSSR count). The molecule has 2 aliphatic heterocycles. The number of nitrogens with zero attached hydrogens (tertiary/aromatic N) is 3. The summed E-state index contributed by atoms with van der Waals surface area (Å²) in [6.45, 7) is 0.737. The Morgan fingerprint density at radius 1 is 1.06 bits per heavy atom. The van der Waals surface area contributed by atoms with Crippen molar-refractivity contribution in [1.82, 2.24) is 20.5 Å². The van der Waals surface area contributed by atoms with Crippen molar-refractivity contribution in [2.24, 2.45) is 0 Å². The number of benzene rings is 1. The summed E-state index contributed by atoms with van der Waals surface area (Å²) in [4.78, 5) is 57.4. The fourth-order valence-electron chi connectivity index (χ4n) is 5.43. The van der Waals surface area contributed by atoms with Gasteiger partial charge in [-0.2, -0.15) is 0 Å². The van der Waals surface area contributed by atoms with Gasteiger partial charge in [0.1, 0.15) is 6.04 Å². The summed E-state index contributed by atoms with van der Waals surface area (Å²) in [5.41, 5.74) is 2.59. The molecule has 3 atom stereocenters. The summed E-state index contributed by atoms with van der Waals surface area (Å²) in [5, 5.41) is 5.91. The van der Waals surface area contributed by atoms with Gasteiger partial charge < -0.3 is 10.2 Å². The predicted octanol–water partition coefficient (Wildman–Crippen LogP) is 2.02. The second-order valence-corrected chi connectivity index (χ2v) is 9.49. The second-order valence-electron chi connectivity index (χ2n) is 9.49. The number of fused-ring (bicyclic) bond motifs is 1. The first-order valence-corrected chi connectivity index (χ1v) is 12.1. The Balaban J connectivity index is 1.34. The molecular formula is C26H29N5O4. The Morgan fingerprint density at radius 2 is 1.86 bits per heavy atom. The predicted molar refractivity (Wildman–Crippen MR) is 129 cm³/mol. The normalized spacial score (nSPS) is 24.4. The van der Waals surface area contributed by atoms with Gasteiger partial charge >= 0.3 is 0 Å². The molecule has 2 aromatic rings. The zero-order chi connectivity index (χ0) is 24.5. The molecule has 1 aliphatic carbocycles. The molecule has 35 heavy (non-hydrogen) atoms. The van der Waals surface area contributed by atoms with E-state index in [9.17, 15) is 19.2 Å². The number of carbonyl (C=O) groups is 4. The van der Waals surface area contributed by atoms with Crippen LogP contribution in [0.1, 0.15) is 64.8 Å². The van der Waals surface area contributed by atoms with Crippen LogP contribution in [0.5, 0.6) is 0 Å². The van der Waals surface area contributed by atoms with E-state index in [2.05, 4.69) is 26.6 Å². The van der Waals surface area contributed by atoms with Crippen molar-refractivity contribution in [3.05, 3.63) is 59.4 Å². The lowest BCUT2D eigenvalue weighted by Gasteiger charge is -2.40. The van der Waals surface area contributed by atoms with E-state index in [-0.39, 0.29) is 30.8 Å². The van der Waals surface area contributed by atoms with Crippen molar-refractivity contribution in [3.8, 4) is 0 Å². The van der Waals surface area contributed by atoms with Crippen LogP contribution in [0.3, 0.4) is 0 Å². The number of anilines is 1. The average molecular weight is 476 g/mol. The lowest BCUT2D eigenvalue weighted by Crippen LogP contribution is -2.54. The molecule has 0 radical (unpaired) electrons. The summed E-state index contributed by atoms with van der Waals surface area (Å²) in [6, 6.07) is 8.84. The van der Waals surface area contributed by atoms with Crippen molar-refractivity contribution in [2.45, 2.75) is 63.2 Å². The number of rotatable bonds is 6. The van der Waals surface area contributed by atoms with E-state index in [1.165, 1.54) is 0 Å². The van der Waals surface area contributed by atoms with Gasteiger partial charge in [-0.15, -0.1) is 0 Å². The van der Waals surface area contributed by atoms with Gasteiger partial charge in [-0.1, -0.05) is 18.9 Å². The fraction of sp³-hybridized carbons (Fsp3) is 0.423. The summed E-state index contributed by atoms with van der Waals surface area (Å²) in [7, 11) is 2.02. The standard InChI is InChI=1S/C26H29N5O4/c1-30(21-7-3-2-6-20(21)28-15-16-5-4-12-27-14-16)17-8-9-18-19(13-17)26(35)31(25(18)34)22-10-11-23(32)29-24(22)33/h4-5,8-9,12-14,20-22,28H,2-3,6-7,10-11,15H2,1H3,(H,29,32,33)/t20-,21-,22?/m0/s1. The van der Waals surface area contributed by atoms with Gasteiger partial charge in [-0.05, 0) is 49.1 Å². The molecule has 1 unspecified atom stereocenters. The number of nitrogens with one attached hydrogen (secondary N) is 2. The monoisotopic (exact) mass is 475 g/mol. The number of amides is 4. The smallest absolute Gasteiger partial charge is 0.262 e. The molecule has 1 aromatic heterocycles. The van der Waals surface area contributed by atoms with Gasteiger partial charge in [0.05, 0.1) is 11.1 Å². The maximum Gasteiger partial charge on any atom is 0.262 e. The first kappa shape index (κ1) is 23.2. The van der Waals surface area contributed by atoms with E-state index in [1.807, 2.05) is 25.4 Å². The van der Waals surface area contributed by atoms with Crippen LogP contribution < -0.4 is 15.5 Å². The SMILES string of the molecule is CN(c1ccc2c(c1)C(=O)N(C1CCC(=O)NC1=O)C2=O)[C@H]1CCCC[C@@H]1NCc1cccnc1. The van der Waals surface area contributed by atoms with E-state index in [1.54, 1.807) is 18.3 Å². The number of likely N-dealkylation sites (N-methyl/N-ethyl adjacent to an activating group) is 1. The fourth-order valence-corrected chi connectivity index (χ4v) is 5.43. The number of aromatic nitrogens is 1. The van der Waals surface area contributed by atoms with Crippen LogP contribution in [-0.2, 0) is 16.1 Å². The lowest BCUT2D eigenvalue weighted by atomic mass is 9.88. The Morgan fingerprint density at radius 3 is 2.63 bits per heavy atom. The molecule has 0 bridgehead atoms. The molecule has 9 heteroatoms. The van der Waals surface area contributed by atoms with E-state index >= 15 is 0 Å². The van der Waals surface area contributed by atoms with Crippen LogP contribution >= 0.6 is 0 Å². The van der Waals surface area contributed by atoms with Gasteiger partial charge in [0, 0.05) is 50.2 Å². The Kier molecular flexibility index (Phi) is 6.34. The van der Waals surface area contributed by atoms with Gasteiger partial charge in [-0.3, -0.25) is 34.4 Å². The van der Waals surface area contributed by atoms with Crippen LogP contribution in [0, 0.1) is 0 Å². The van der Waals surface area contributed by atoms with Crippen LogP contribution in [0.25, 0.3) is 0 Å². The average Bonchev–Trinajstić information content (AvgIpc) is 3.12. The zero-order valence-electron chi connectivity index (χ0n) is 19.7. The highest BCUT2D eigenvalue weighted by Gasteiger charge is 2.45. The molecule has 4 amide bonds. The van der Waals surface area contributed by atoms with Crippen molar-refractivity contribution in [1.29, 1.82) is 0 Å². The van der Waals surface area contributed by atoms with Crippen molar-refractivity contribution < 1.29 is 19.2 Å². The highest BCUT2D eigenvalue weighted by atomic mass is 16.2. The minimum atomic E-state index is -0.958. The van der Waals surface area contributed by atoms with E-state index in [0.717, 1.165) is 48.4 Å². The van der Waals surface area contributed by atoms with Crippen LogP contribution in [0.15, 0.2) is 42.7 Å². The van der Waals surface area contributed by atoms with Gasteiger partial charge in [0.2, 0.25) is 11.8 Å². The second kappa shape index (κ2) is 9.58. The summed E-state index contributed by atoms with van der Waals surface area (Å²) < 4.78 is 0. The largest absolute Gasteiger partial charge is 0.370 e. The molecule has 0 spiro atoms. The van der Waals surface area contributed by atoms with Crippen molar-refractivity contribution in [3.63, 3.8) is 0 Å². The van der Waals surface area contributed by atoms with Gasteiger partial charge in [0.15, 0.2) is 0 Å². The van der Waals surface area contributed by atoms with Crippen LogP contribution in [0.2, 0.25) is 0 Å². The molecule has 2 N–H and O–H groups in total. The van der Waals surface area contributed by atoms with Gasteiger partial charge in [0.25, 0.3) is 11.8 Å². The maximum absolute atomic E-state index is 13.2. The Hall–Kier alpha value is -3.59. The quantitative estimate of drug-likeness (QED) is 0.615. The molecule has 1 saturated carbocycles. The third-order valence-corrected chi connectivity index (χ3v) is 7.35. The Bertz CT molecular complexity index is 1170. The number of imide groups is 2. The minimum absolute atomic E-state index is 0.104. The van der Waals surface area contributed by atoms with Crippen molar-refractivity contribution in [2.75, 3.05) is 11.9 Å². The topological polar surface area (TPSA) is 112 Å². The molecule has 182 valence electrons. The van der Waals surface area contributed by atoms with E-state index in [0.29, 0.717) is 11.1 Å². The molecule has 9 nitrogen and oxygen atoms in total. The highest BCUT2D eigenvalue weighted by Crippen LogP contribution is 2.33. The molecule has 3 aliphatic rings. The molecular weight excluding hydrogens is 446 g/mol. The molecule has 2 fully saturated rings. The first-order chi connectivity index (χ1) is 16.9. The van der Waals surface area contributed by atoms with Crippen LogP contribution in [0.4, 0.5) is 5.69 Å². The van der Waals surface area contributed by atoms with Gasteiger partial charge in [-0.25, -0.2) is 0 Å². The first-order valence-electron chi connectivity index (χ1n) is 12.1. The third kappa shape index (κ3) is 4.43. The Labute approximate surface area is 203 Å². The lowest BCUT2D eigenvalue weighted by molar-refractivity contribution is -0.136. The number of pyridine rings is 1. The maximum atomic E-state index is 13.2. The van der Waals surface area contributed by atoms with E-state index in [4.69, 9.17) is 0 Å². The summed E-state index contributed by atoms with van der Waals surface area (Å²) in [6.07, 6.45) is 8.25. The number of hydrogen-bond donors (Lipinski definition) is 2. The third-order valence-electron chi connectivity index (χ3n) is 7.35. The minimum Gasteiger partial charge on any atom is -0.370 e. The van der Waals surface area contributed by atoms with Crippen molar-refractivity contribution >= 4 is 29.3 Å². The zero-order valence-corrected chi connectivity index (χ0v) is 19.7. The number of hydrogen-bond acceptors (Lipinski definition) is 7. The number of carbonyl (C=O) groups excluding carboxylic acids is 4. The molecule has 1 saturated heterocycles. The summed E-state index contributed by atoms with van der Waals surface area (Å²) >= 11 is 0. The summed E-state index contributed by atoms with van der Waals surface area (Å²) in [5.74, 6) is -1.95.